The van der Waals surface area contributed by atoms with Crippen molar-refractivity contribution in [2.45, 2.75) is 19.9 Å². The van der Waals surface area contributed by atoms with Gasteiger partial charge in [0.05, 0.1) is 19.1 Å². The van der Waals surface area contributed by atoms with E-state index in [9.17, 15) is 9.59 Å². The summed E-state index contributed by atoms with van der Waals surface area (Å²) in [5, 5.41) is 11.7. The monoisotopic (exact) mass is 322 g/mol. The molecule has 1 unspecified atom stereocenters. The van der Waals surface area contributed by atoms with Crippen molar-refractivity contribution in [2.24, 2.45) is 5.92 Å². The van der Waals surface area contributed by atoms with E-state index >= 15 is 0 Å². The Kier molecular flexibility index (Phi) is 5.67. The predicted molar refractivity (Wildman–Crippen MR) is 83.7 cm³/mol. The predicted octanol–water partition coefficient (Wildman–Crippen LogP) is 1.71. The van der Waals surface area contributed by atoms with Crippen molar-refractivity contribution in [1.29, 1.82) is 0 Å². The van der Waals surface area contributed by atoms with Crippen molar-refractivity contribution in [2.75, 3.05) is 26.8 Å². The molecular weight excluding hydrogens is 300 g/mol. The largest absolute Gasteiger partial charge is 0.490 e. The van der Waals surface area contributed by atoms with Gasteiger partial charge in [0.15, 0.2) is 11.5 Å². The lowest BCUT2D eigenvalue weighted by Gasteiger charge is -2.20. The van der Waals surface area contributed by atoms with Gasteiger partial charge in [-0.05, 0) is 6.07 Å². The molecular formula is C16H22N2O5. The van der Waals surface area contributed by atoms with Crippen LogP contribution < -0.4 is 14.8 Å². The molecule has 0 aliphatic carbocycles. The zero-order chi connectivity index (χ0) is 16.8. The Morgan fingerprint density at radius 2 is 2.09 bits per heavy atom. The number of para-hydroxylation sites is 1. The molecule has 2 rings (SSSR count). The molecule has 1 aliphatic heterocycles. The maximum atomic E-state index is 12.1. The number of nitrogens with zero attached hydrogens (tertiary/aromatic N) is 1. The fourth-order valence-corrected chi connectivity index (χ4v) is 2.27. The summed E-state index contributed by atoms with van der Waals surface area (Å²) >= 11 is 0. The fraction of sp³-hybridized carbons (Fsp3) is 0.500. The van der Waals surface area contributed by atoms with Gasteiger partial charge in [0.25, 0.3) is 0 Å². The first-order chi connectivity index (χ1) is 11.0. The number of carboxylic acid groups (broad SMARTS) is 1. The number of urea groups is 1. The smallest absolute Gasteiger partial charge is 0.317 e. The SMILES string of the molecule is CC(CN(C)C(=O)NCc1cccc2c1OCCCO2)C(=O)O. The zero-order valence-corrected chi connectivity index (χ0v) is 13.4. The topological polar surface area (TPSA) is 88.1 Å². The molecule has 0 radical (unpaired) electrons. The molecule has 1 heterocycles. The van der Waals surface area contributed by atoms with E-state index in [1.54, 1.807) is 14.0 Å². The summed E-state index contributed by atoms with van der Waals surface area (Å²) in [5.74, 6) is -0.201. The Bertz CT molecular complexity index is 576. The highest BCUT2D eigenvalue weighted by atomic mass is 16.5. The molecule has 0 aromatic heterocycles. The van der Waals surface area contributed by atoms with Gasteiger partial charge in [-0.1, -0.05) is 19.1 Å². The lowest BCUT2D eigenvalue weighted by molar-refractivity contribution is -0.141. The van der Waals surface area contributed by atoms with Gasteiger partial charge >= 0.3 is 12.0 Å². The van der Waals surface area contributed by atoms with E-state index in [-0.39, 0.29) is 19.1 Å². The number of rotatable bonds is 5. The van der Waals surface area contributed by atoms with Gasteiger partial charge in [0, 0.05) is 32.1 Å². The normalized spacial score (nSPS) is 14.5. The van der Waals surface area contributed by atoms with Crippen LogP contribution >= 0.6 is 0 Å². The van der Waals surface area contributed by atoms with Gasteiger partial charge in [-0.2, -0.15) is 0 Å². The molecule has 0 saturated heterocycles. The van der Waals surface area contributed by atoms with Crippen LogP contribution in [0.2, 0.25) is 0 Å². The first-order valence-electron chi connectivity index (χ1n) is 7.58. The van der Waals surface area contributed by atoms with Crippen LogP contribution in [0.4, 0.5) is 4.79 Å². The maximum absolute atomic E-state index is 12.1. The highest BCUT2D eigenvalue weighted by Gasteiger charge is 2.18. The molecule has 7 nitrogen and oxygen atoms in total. The lowest BCUT2D eigenvalue weighted by atomic mass is 10.1. The van der Waals surface area contributed by atoms with Gasteiger partial charge in [-0.25, -0.2) is 4.79 Å². The average Bonchev–Trinajstić information content (AvgIpc) is 2.77. The summed E-state index contributed by atoms with van der Waals surface area (Å²) < 4.78 is 11.3. The molecule has 1 atom stereocenters. The quantitative estimate of drug-likeness (QED) is 0.861. The van der Waals surface area contributed by atoms with Crippen molar-refractivity contribution in [3.63, 3.8) is 0 Å². The van der Waals surface area contributed by atoms with E-state index in [0.717, 1.165) is 12.0 Å². The second kappa shape index (κ2) is 7.71. The Morgan fingerprint density at radius 3 is 2.83 bits per heavy atom. The number of benzene rings is 1. The molecule has 1 aromatic rings. The van der Waals surface area contributed by atoms with Crippen molar-refractivity contribution in [3.8, 4) is 11.5 Å². The highest BCUT2D eigenvalue weighted by molar-refractivity contribution is 5.75. The molecule has 0 bridgehead atoms. The minimum Gasteiger partial charge on any atom is -0.490 e. The number of amides is 2. The second-order valence-corrected chi connectivity index (χ2v) is 5.57. The number of nitrogens with one attached hydrogen (secondary N) is 1. The molecule has 7 heteroatoms. The summed E-state index contributed by atoms with van der Waals surface area (Å²) in [6, 6.07) is 5.23. The summed E-state index contributed by atoms with van der Waals surface area (Å²) in [4.78, 5) is 24.3. The van der Waals surface area contributed by atoms with Gasteiger partial charge in [0.1, 0.15) is 0 Å². The van der Waals surface area contributed by atoms with Crippen LogP contribution in [0.15, 0.2) is 18.2 Å². The summed E-state index contributed by atoms with van der Waals surface area (Å²) in [6.07, 6.45) is 0.816. The summed E-state index contributed by atoms with van der Waals surface area (Å²) in [6.45, 7) is 3.19. The zero-order valence-electron chi connectivity index (χ0n) is 13.4. The van der Waals surface area contributed by atoms with E-state index in [0.29, 0.717) is 24.7 Å². The van der Waals surface area contributed by atoms with E-state index in [2.05, 4.69) is 5.32 Å². The van der Waals surface area contributed by atoms with Gasteiger partial charge in [-0.15, -0.1) is 0 Å². The Morgan fingerprint density at radius 1 is 1.35 bits per heavy atom. The molecule has 0 fully saturated rings. The van der Waals surface area contributed by atoms with Crippen molar-refractivity contribution in [1.82, 2.24) is 10.2 Å². The number of fused-ring (bicyclic) bond motifs is 1. The molecule has 0 spiro atoms. The molecule has 1 aromatic carbocycles. The van der Waals surface area contributed by atoms with E-state index < -0.39 is 11.9 Å². The van der Waals surface area contributed by atoms with Gasteiger partial charge in [0.2, 0.25) is 0 Å². The minimum absolute atomic E-state index is 0.147. The summed E-state index contributed by atoms with van der Waals surface area (Å²) in [5.41, 5.74) is 0.831. The number of carbonyl (C=O) groups is 2. The van der Waals surface area contributed by atoms with E-state index in [4.69, 9.17) is 14.6 Å². The standard InChI is InChI=1S/C16H22N2O5/c1-11(15(19)20)10-18(2)16(21)17-9-12-5-3-6-13-14(12)23-8-4-7-22-13/h3,5-6,11H,4,7-10H2,1-2H3,(H,17,21)(H,19,20). The Labute approximate surface area is 135 Å². The average molecular weight is 322 g/mol. The van der Waals surface area contributed by atoms with Crippen LogP contribution in [-0.4, -0.2) is 48.8 Å². The van der Waals surface area contributed by atoms with Crippen LogP contribution in [0.3, 0.4) is 0 Å². The third-order valence-electron chi connectivity index (χ3n) is 3.60. The second-order valence-electron chi connectivity index (χ2n) is 5.57. The number of ether oxygens (including phenoxy) is 2. The first kappa shape index (κ1) is 16.9. The number of carbonyl (C=O) groups excluding carboxylic acids is 1. The van der Waals surface area contributed by atoms with Crippen molar-refractivity contribution < 1.29 is 24.2 Å². The van der Waals surface area contributed by atoms with Crippen LogP contribution in [0.5, 0.6) is 11.5 Å². The van der Waals surface area contributed by atoms with Crippen LogP contribution in [-0.2, 0) is 11.3 Å². The molecule has 0 saturated carbocycles. The van der Waals surface area contributed by atoms with E-state index in [1.165, 1.54) is 4.90 Å². The van der Waals surface area contributed by atoms with Gasteiger partial charge in [-0.3, -0.25) is 4.79 Å². The third-order valence-corrected chi connectivity index (χ3v) is 3.60. The maximum Gasteiger partial charge on any atom is 0.317 e. The van der Waals surface area contributed by atoms with Crippen LogP contribution in [0, 0.1) is 5.92 Å². The molecule has 126 valence electrons. The Balaban J connectivity index is 1.95. The first-order valence-corrected chi connectivity index (χ1v) is 7.58. The van der Waals surface area contributed by atoms with Crippen molar-refractivity contribution in [3.05, 3.63) is 23.8 Å². The molecule has 23 heavy (non-hydrogen) atoms. The van der Waals surface area contributed by atoms with Crippen LogP contribution in [0.25, 0.3) is 0 Å². The molecule has 2 amide bonds. The summed E-state index contributed by atoms with van der Waals surface area (Å²) in [7, 11) is 1.57. The third kappa shape index (κ3) is 4.51. The number of hydrogen-bond donors (Lipinski definition) is 2. The fourth-order valence-electron chi connectivity index (χ4n) is 2.27. The Hall–Kier alpha value is -2.44. The molecule has 1 aliphatic rings. The van der Waals surface area contributed by atoms with Crippen molar-refractivity contribution >= 4 is 12.0 Å². The lowest BCUT2D eigenvalue weighted by Crippen LogP contribution is -2.40. The minimum atomic E-state index is -0.927. The van der Waals surface area contributed by atoms with Crippen LogP contribution in [0.1, 0.15) is 18.9 Å². The number of aliphatic carboxylic acids is 1. The molecule has 2 N–H and O–H groups in total. The highest BCUT2D eigenvalue weighted by Crippen LogP contribution is 2.33. The number of hydrogen-bond acceptors (Lipinski definition) is 4. The van der Waals surface area contributed by atoms with E-state index in [1.807, 2.05) is 18.2 Å². The van der Waals surface area contributed by atoms with Gasteiger partial charge < -0.3 is 24.8 Å². The number of carboxylic acids is 1.